The number of methoxy groups -OCH3 is 1. The fourth-order valence-electron chi connectivity index (χ4n) is 1.68. The first-order chi connectivity index (χ1) is 10.5. The highest BCUT2D eigenvalue weighted by atomic mass is 79.9. The average Bonchev–Trinajstić information content (AvgIpc) is 2.48. The summed E-state index contributed by atoms with van der Waals surface area (Å²) < 4.78 is 6.86. The Hall–Kier alpha value is -1.44. The van der Waals surface area contributed by atoms with Crippen molar-refractivity contribution in [3.05, 3.63) is 57.0 Å². The van der Waals surface area contributed by atoms with Crippen LogP contribution in [-0.4, -0.2) is 18.1 Å². The maximum atomic E-state index is 12.0. The molecule has 2 aromatic carbocycles. The van der Waals surface area contributed by atoms with Gasteiger partial charge in [-0.2, -0.15) is 0 Å². The SMILES string of the molecule is COc1ccc(NC(=S)NC(=O)c2ccc(Br)cc2)cc1Br. The zero-order valence-electron chi connectivity index (χ0n) is 11.5. The van der Waals surface area contributed by atoms with E-state index in [4.69, 9.17) is 17.0 Å². The number of benzene rings is 2. The van der Waals surface area contributed by atoms with Crippen molar-refractivity contribution in [1.29, 1.82) is 0 Å². The van der Waals surface area contributed by atoms with E-state index >= 15 is 0 Å². The molecule has 2 rings (SSSR count). The highest BCUT2D eigenvalue weighted by Crippen LogP contribution is 2.27. The van der Waals surface area contributed by atoms with Crippen molar-refractivity contribution in [2.75, 3.05) is 12.4 Å². The third kappa shape index (κ3) is 4.53. The van der Waals surface area contributed by atoms with Crippen LogP contribution in [0.1, 0.15) is 10.4 Å². The lowest BCUT2D eigenvalue weighted by Gasteiger charge is -2.11. The number of hydrogen-bond acceptors (Lipinski definition) is 3. The summed E-state index contributed by atoms with van der Waals surface area (Å²) in [6, 6.07) is 12.4. The summed E-state index contributed by atoms with van der Waals surface area (Å²) >= 11 is 11.9. The summed E-state index contributed by atoms with van der Waals surface area (Å²) in [5, 5.41) is 5.81. The highest BCUT2D eigenvalue weighted by molar-refractivity contribution is 9.10. The van der Waals surface area contributed by atoms with Gasteiger partial charge in [0.1, 0.15) is 5.75 Å². The van der Waals surface area contributed by atoms with Crippen molar-refractivity contribution in [2.24, 2.45) is 0 Å². The van der Waals surface area contributed by atoms with Crippen molar-refractivity contribution in [1.82, 2.24) is 5.32 Å². The van der Waals surface area contributed by atoms with Gasteiger partial charge in [-0.25, -0.2) is 0 Å². The lowest BCUT2D eigenvalue weighted by Crippen LogP contribution is -2.34. The third-order valence-electron chi connectivity index (χ3n) is 2.74. The lowest BCUT2D eigenvalue weighted by molar-refractivity contribution is 0.0977. The molecule has 0 radical (unpaired) electrons. The van der Waals surface area contributed by atoms with Gasteiger partial charge in [0.2, 0.25) is 0 Å². The third-order valence-corrected chi connectivity index (χ3v) is 4.10. The number of nitrogens with one attached hydrogen (secondary N) is 2. The molecule has 2 aromatic rings. The maximum Gasteiger partial charge on any atom is 0.257 e. The zero-order chi connectivity index (χ0) is 16.1. The Bertz CT molecular complexity index is 705. The van der Waals surface area contributed by atoms with Crippen LogP contribution in [0.2, 0.25) is 0 Å². The molecule has 1 amide bonds. The van der Waals surface area contributed by atoms with Gasteiger partial charge in [0.15, 0.2) is 5.11 Å². The van der Waals surface area contributed by atoms with E-state index < -0.39 is 0 Å². The molecule has 114 valence electrons. The number of hydrogen-bond donors (Lipinski definition) is 2. The van der Waals surface area contributed by atoms with Crippen LogP contribution in [0.5, 0.6) is 5.75 Å². The minimum Gasteiger partial charge on any atom is -0.496 e. The number of thiocarbonyl (C=S) groups is 1. The predicted octanol–water partition coefficient (Wildman–Crippen LogP) is 4.35. The Morgan fingerprint density at radius 3 is 2.41 bits per heavy atom. The second-order valence-corrected chi connectivity index (χ2v) is 6.44. The normalized spacial score (nSPS) is 9.95. The van der Waals surface area contributed by atoms with Crippen molar-refractivity contribution in [2.45, 2.75) is 0 Å². The Kier molecular flexibility index (Phi) is 5.93. The number of rotatable bonds is 3. The van der Waals surface area contributed by atoms with Crippen molar-refractivity contribution >= 4 is 60.8 Å². The van der Waals surface area contributed by atoms with Crippen molar-refractivity contribution in [3.8, 4) is 5.75 Å². The summed E-state index contributed by atoms with van der Waals surface area (Å²) in [7, 11) is 1.59. The van der Waals surface area contributed by atoms with Gasteiger partial charge in [0.05, 0.1) is 11.6 Å². The van der Waals surface area contributed by atoms with Gasteiger partial charge in [0.25, 0.3) is 5.91 Å². The molecule has 22 heavy (non-hydrogen) atoms. The molecule has 0 aliphatic rings. The van der Waals surface area contributed by atoms with Crippen LogP contribution in [0.25, 0.3) is 0 Å². The Morgan fingerprint density at radius 1 is 1.14 bits per heavy atom. The molecule has 0 unspecified atom stereocenters. The van der Waals surface area contributed by atoms with Crippen LogP contribution >= 0.6 is 44.1 Å². The van der Waals surface area contributed by atoms with Gasteiger partial charge < -0.3 is 10.1 Å². The quantitative estimate of drug-likeness (QED) is 0.692. The van der Waals surface area contributed by atoms with E-state index in [0.717, 1.165) is 20.4 Å². The monoisotopic (exact) mass is 442 g/mol. The molecular weight excluding hydrogens is 432 g/mol. The summed E-state index contributed by atoms with van der Waals surface area (Å²) in [5.74, 6) is 0.452. The number of halogens is 2. The van der Waals surface area contributed by atoms with E-state index in [1.165, 1.54) is 0 Å². The molecule has 0 bridgehead atoms. The lowest BCUT2D eigenvalue weighted by atomic mass is 10.2. The number of amides is 1. The minimum absolute atomic E-state index is 0.227. The van der Waals surface area contributed by atoms with E-state index in [0.29, 0.717) is 5.56 Å². The molecule has 0 aromatic heterocycles. The minimum atomic E-state index is -0.266. The van der Waals surface area contributed by atoms with Crippen LogP contribution in [-0.2, 0) is 0 Å². The Morgan fingerprint density at radius 2 is 1.82 bits per heavy atom. The fraction of sp³-hybridized carbons (Fsp3) is 0.0667. The Balaban J connectivity index is 1.99. The first-order valence-electron chi connectivity index (χ1n) is 6.21. The van der Waals surface area contributed by atoms with E-state index in [1.807, 2.05) is 12.1 Å². The predicted molar refractivity (Wildman–Crippen MR) is 98.5 cm³/mol. The number of anilines is 1. The largest absolute Gasteiger partial charge is 0.496 e. The highest BCUT2D eigenvalue weighted by Gasteiger charge is 2.08. The number of carbonyl (C=O) groups excluding carboxylic acids is 1. The molecule has 0 aliphatic heterocycles. The molecule has 2 N–H and O–H groups in total. The topological polar surface area (TPSA) is 50.4 Å². The average molecular weight is 444 g/mol. The number of ether oxygens (including phenoxy) is 1. The summed E-state index contributed by atoms with van der Waals surface area (Å²) in [6.07, 6.45) is 0. The standard InChI is InChI=1S/C15H12Br2N2O2S/c1-21-13-7-6-11(8-12(13)17)18-15(22)19-14(20)9-2-4-10(16)5-3-9/h2-8H,1H3,(H2,18,19,20,22). The summed E-state index contributed by atoms with van der Waals surface area (Å²) in [6.45, 7) is 0. The van der Waals surface area contributed by atoms with E-state index in [2.05, 4.69) is 42.5 Å². The molecule has 4 nitrogen and oxygen atoms in total. The van der Waals surface area contributed by atoms with Gasteiger partial charge in [0, 0.05) is 15.7 Å². The van der Waals surface area contributed by atoms with Crippen molar-refractivity contribution in [3.63, 3.8) is 0 Å². The molecule has 7 heteroatoms. The Labute approximate surface area is 150 Å². The van der Waals surface area contributed by atoms with E-state index in [-0.39, 0.29) is 11.0 Å². The van der Waals surface area contributed by atoms with Crippen LogP contribution in [0, 0.1) is 0 Å². The van der Waals surface area contributed by atoms with Gasteiger partial charge in [-0.3, -0.25) is 10.1 Å². The molecule has 0 atom stereocenters. The van der Waals surface area contributed by atoms with Gasteiger partial charge >= 0.3 is 0 Å². The van der Waals surface area contributed by atoms with Crippen LogP contribution in [0.15, 0.2) is 51.4 Å². The molecule has 0 fully saturated rings. The molecule has 0 saturated heterocycles. The summed E-state index contributed by atoms with van der Waals surface area (Å²) in [5.41, 5.74) is 1.28. The second kappa shape index (κ2) is 7.71. The smallest absolute Gasteiger partial charge is 0.257 e. The van der Waals surface area contributed by atoms with Crippen LogP contribution in [0.3, 0.4) is 0 Å². The zero-order valence-corrected chi connectivity index (χ0v) is 15.5. The molecule has 0 saturated carbocycles. The first kappa shape index (κ1) is 16.9. The first-order valence-corrected chi connectivity index (χ1v) is 8.20. The fourth-order valence-corrected chi connectivity index (χ4v) is 2.70. The maximum absolute atomic E-state index is 12.0. The van der Waals surface area contributed by atoms with E-state index in [9.17, 15) is 4.79 Å². The summed E-state index contributed by atoms with van der Waals surface area (Å²) in [4.78, 5) is 12.0. The molecule has 0 heterocycles. The van der Waals surface area contributed by atoms with Gasteiger partial charge in [-0.1, -0.05) is 15.9 Å². The van der Waals surface area contributed by atoms with E-state index in [1.54, 1.807) is 37.4 Å². The van der Waals surface area contributed by atoms with Crippen LogP contribution in [0.4, 0.5) is 5.69 Å². The second-order valence-electron chi connectivity index (χ2n) is 4.26. The molecule has 0 spiro atoms. The van der Waals surface area contributed by atoms with Gasteiger partial charge in [-0.15, -0.1) is 0 Å². The molecular formula is C15H12Br2N2O2S. The number of carbonyl (C=O) groups is 1. The van der Waals surface area contributed by atoms with Crippen LogP contribution < -0.4 is 15.4 Å². The van der Waals surface area contributed by atoms with Gasteiger partial charge in [-0.05, 0) is 70.6 Å². The molecule has 0 aliphatic carbocycles. The van der Waals surface area contributed by atoms with Crippen molar-refractivity contribution < 1.29 is 9.53 Å².